The Kier molecular flexibility index (Phi) is 4.58. The fourth-order valence-corrected chi connectivity index (χ4v) is 3.84. The molecule has 3 aromatic rings. The molecule has 1 atom stereocenters. The van der Waals surface area contributed by atoms with Gasteiger partial charge in [0, 0.05) is 6.61 Å². The number of rotatable bonds is 4. The van der Waals surface area contributed by atoms with Crippen LogP contribution in [-0.4, -0.2) is 37.4 Å². The van der Waals surface area contributed by atoms with Gasteiger partial charge >= 0.3 is 0 Å². The number of amides is 1. The Morgan fingerprint density at radius 2 is 2.30 bits per heavy atom. The van der Waals surface area contributed by atoms with Crippen LogP contribution in [0.1, 0.15) is 29.8 Å². The summed E-state index contributed by atoms with van der Waals surface area (Å²) in [5, 5.41) is 21.7. The SMILES string of the molecule is Cc1nc2ccc(O)cc2c(=O)n1CC(=O)Nc1nnc(C2CCCO2)s1. The summed E-state index contributed by atoms with van der Waals surface area (Å²) < 4.78 is 6.82. The predicted octanol–water partition coefficient (Wildman–Crippen LogP) is 1.75. The van der Waals surface area contributed by atoms with Crippen LogP contribution in [0.5, 0.6) is 5.75 Å². The van der Waals surface area contributed by atoms with Gasteiger partial charge in [-0.2, -0.15) is 0 Å². The number of hydrogen-bond donors (Lipinski definition) is 2. The maximum absolute atomic E-state index is 12.7. The summed E-state index contributed by atoms with van der Waals surface area (Å²) in [5.74, 6) is -0.0287. The Hall–Kier alpha value is -2.85. The number of aromatic nitrogens is 4. The number of benzene rings is 1. The van der Waals surface area contributed by atoms with E-state index in [-0.39, 0.29) is 29.3 Å². The number of phenols is 1. The zero-order chi connectivity index (χ0) is 19.0. The maximum atomic E-state index is 12.7. The summed E-state index contributed by atoms with van der Waals surface area (Å²) >= 11 is 1.27. The molecule has 0 saturated carbocycles. The van der Waals surface area contributed by atoms with Crippen LogP contribution in [0, 0.1) is 6.92 Å². The first kappa shape index (κ1) is 17.6. The molecule has 0 radical (unpaired) electrons. The first-order valence-electron chi connectivity index (χ1n) is 8.46. The van der Waals surface area contributed by atoms with Gasteiger partial charge in [0.1, 0.15) is 29.2 Å². The highest BCUT2D eigenvalue weighted by Crippen LogP contribution is 2.31. The molecule has 1 fully saturated rings. The lowest BCUT2D eigenvalue weighted by molar-refractivity contribution is -0.116. The van der Waals surface area contributed by atoms with Crippen LogP contribution in [0.25, 0.3) is 10.9 Å². The molecule has 4 rings (SSSR count). The van der Waals surface area contributed by atoms with Crippen LogP contribution < -0.4 is 10.9 Å². The van der Waals surface area contributed by atoms with E-state index in [9.17, 15) is 14.7 Å². The molecule has 10 heteroatoms. The zero-order valence-corrected chi connectivity index (χ0v) is 15.3. The van der Waals surface area contributed by atoms with Gasteiger partial charge in [0.05, 0.1) is 10.9 Å². The molecule has 0 aliphatic carbocycles. The normalized spacial score (nSPS) is 16.7. The maximum Gasteiger partial charge on any atom is 0.261 e. The molecule has 0 spiro atoms. The molecule has 0 bridgehead atoms. The van der Waals surface area contributed by atoms with Gasteiger partial charge in [-0.05, 0) is 38.0 Å². The van der Waals surface area contributed by atoms with Gasteiger partial charge in [0.2, 0.25) is 11.0 Å². The van der Waals surface area contributed by atoms with E-state index in [0.29, 0.717) is 23.1 Å². The third kappa shape index (κ3) is 3.53. The number of nitrogens with zero attached hydrogens (tertiary/aromatic N) is 4. The first-order valence-corrected chi connectivity index (χ1v) is 9.28. The lowest BCUT2D eigenvalue weighted by Crippen LogP contribution is -2.30. The highest BCUT2D eigenvalue weighted by Gasteiger charge is 2.22. The molecule has 1 amide bonds. The molecule has 1 saturated heterocycles. The topological polar surface area (TPSA) is 119 Å². The minimum absolute atomic E-state index is 0.0308. The molecule has 1 unspecified atom stereocenters. The number of aromatic hydroxyl groups is 1. The van der Waals surface area contributed by atoms with Gasteiger partial charge < -0.3 is 9.84 Å². The Labute approximate surface area is 157 Å². The average Bonchev–Trinajstić information content (AvgIpc) is 3.31. The summed E-state index contributed by atoms with van der Waals surface area (Å²) in [7, 11) is 0. The van der Waals surface area contributed by atoms with Crippen LogP contribution in [0.3, 0.4) is 0 Å². The molecule has 2 aromatic heterocycles. The van der Waals surface area contributed by atoms with Gasteiger partial charge in [0.15, 0.2) is 0 Å². The summed E-state index contributed by atoms with van der Waals surface area (Å²) in [6.07, 6.45) is 1.82. The number of carbonyl (C=O) groups excluding carboxylic acids is 1. The molecular formula is C17H17N5O4S. The number of phenolic OH excluding ortho intramolecular Hbond substituents is 1. The second-order valence-electron chi connectivity index (χ2n) is 6.25. The van der Waals surface area contributed by atoms with Gasteiger partial charge in [-0.25, -0.2) is 4.98 Å². The number of carbonyl (C=O) groups is 1. The Morgan fingerprint density at radius 3 is 3.07 bits per heavy atom. The largest absolute Gasteiger partial charge is 0.508 e. The minimum atomic E-state index is -0.406. The molecule has 140 valence electrons. The van der Waals surface area contributed by atoms with Crippen LogP contribution in [-0.2, 0) is 16.1 Å². The van der Waals surface area contributed by atoms with E-state index in [1.54, 1.807) is 13.0 Å². The Morgan fingerprint density at radius 1 is 1.44 bits per heavy atom. The van der Waals surface area contributed by atoms with Crippen molar-refractivity contribution in [2.45, 2.75) is 32.4 Å². The van der Waals surface area contributed by atoms with E-state index >= 15 is 0 Å². The smallest absolute Gasteiger partial charge is 0.261 e. The summed E-state index contributed by atoms with van der Waals surface area (Å²) in [4.78, 5) is 29.4. The fourth-order valence-electron chi connectivity index (χ4n) is 3.00. The number of fused-ring (bicyclic) bond motifs is 1. The fraction of sp³-hybridized carbons (Fsp3) is 0.353. The predicted molar refractivity (Wildman–Crippen MR) is 98.9 cm³/mol. The number of nitrogens with one attached hydrogen (secondary N) is 1. The quantitative estimate of drug-likeness (QED) is 0.700. The van der Waals surface area contributed by atoms with E-state index in [1.165, 1.54) is 28.0 Å². The number of ether oxygens (including phenoxy) is 1. The van der Waals surface area contributed by atoms with E-state index in [4.69, 9.17) is 4.74 Å². The van der Waals surface area contributed by atoms with Crippen LogP contribution in [0.15, 0.2) is 23.0 Å². The van der Waals surface area contributed by atoms with Gasteiger partial charge in [-0.3, -0.25) is 19.5 Å². The molecule has 3 heterocycles. The number of aryl methyl sites for hydroxylation is 1. The lowest BCUT2D eigenvalue weighted by Gasteiger charge is -2.10. The molecule has 2 N–H and O–H groups in total. The minimum Gasteiger partial charge on any atom is -0.508 e. The third-order valence-corrected chi connectivity index (χ3v) is 5.25. The zero-order valence-electron chi connectivity index (χ0n) is 14.5. The summed E-state index contributed by atoms with van der Waals surface area (Å²) in [6.45, 7) is 2.15. The second-order valence-corrected chi connectivity index (χ2v) is 7.26. The van der Waals surface area contributed by atoms with Crippen molar-refractivity contribution in [3.8, 4) is 5.75 Å². The van der Waals surface area contributed by atoms with Crippen molar-refractivity contribution in [2.75, 3.05) is 11.9 Å². The highest BCUT2D eigenvalue weighted by molar-refractivity contribution is 7.15. The van der Waals surface area contributed by atoms with E-state index < -0.39 is 5.91 Å². The Bertz CT molecular complexity index is 1070. The number of anilines is 1. The molecule has 1 aliphatic heterocycles. The lowest BCUT2D eigenvalue weighted by atomic mass is 10.2. The standard InChI is InChI=1S/C17H17N5O4S/c1-9-18-12-5-4-10(23)7-11(12)16(25)22(9)8-14(24)19-17-21-20-15(27-17)13-3-2-6-26-13/h4-5,7,13,23H,2-3,6,8H2,1H3,(H,19,21,24). The average molecular weight is 387 g/mol. The van der Waals surface area contributed by atoms with Crippen molar-refractivity contribution in [3.05, 3.63) is 39.4 Å². The van der Waals surface area contributed by atoms with Crippen molar-refractivity contribution in [2.24, 2.45) is 0 Å². The van der Waals surface area contributed by atoms with E-state index in [0.717, 1.165) is 17.8 Å². The van der Waals surface area contributed by atoms with Crippen molar-refractivity contribution in [1.82, 2.24) is 19.7 Å². The second kappa shape index (κ2) is 7.05. The number of hydrogen-bond acceptors (Lipinski definition) is 8. The molecule has 27 heavy (non-hydrogen) atoms. The van der Waals surface area contributed by atoms with Crippen LogP contribution >= 0.6 is 11.3 Å². The highest BCUT2D eigenvalue weighted by atomic mass is 32.1. The van der Waals surface area contributed by atoms with Crippen LogP contribution in [0.4, 0.5) is 5.13 Å². The third-order valence-electron chi connectivity index (χ3n) is 4.32. The molecular weight excluding hydrogens is 370 g/mol. The summed E-state index contributed by atoms with van der Waals surface area (Å²) in [6, 6.07) is 4.38. The first-order chi connectivity index (χ1) is 13.0. The molecule has 1 aromatic carbocycles. The molecule has 9 nitrogen and oxygen atoms in total. The Balaban J connectivity index is 1.53. The van der Waals surface area contributed by atoms with Crippen LogP contribution in [0.2, 0.25) is 0 Å². The van der Waals surface area contributed by atoms with Crippen molar-refractivity contribution >= 4 is 33.3 Å². The summed E-state index contributed by atoms with van der Waals surface area (Å²) in [5.41, 5.74) is 0.0816. The monoisotopic (exact) mass is 387 g/mol. The van der Waals surface area contributed by atoms with Gasteiger partial charge in [-0.1, -0.05) is 11.3 Å². The molecule has 1 aliphatic rings. The van der Waals surface area contributed by atoms with Gasteiger partial charge in [-0.15, -0.1) is 10.2 Å². The van der Waals surface area contributed by atoms with Crippen molar-refractivity contribution < 1.29 is 14.6 Å². The van der Waals surface area contributed by atoms with E-state index in [2.05, 4.69) is 20.5 Å². The van der Waals surface area contributed by atoms with Gasteiger partial charge in [0.25, 0.3) is 5.56 Å². The van der Waals surface area contributed by atoms with E-state index in [1.807, 2.05) is 0 Å². The van der Waals surface area contributed by atoms with Crippen molar-refractivity contribution in [1.29, 1.82) is 0 Å². The van der Waals surface area contributed by atoms with Crippen molar-refractivity contribution in [3.63, 3.8) is 0 Å².